The van der Waals surface area contributed by atoms with E-state index >= 15 is 0 Å². The molecule has 1 unspecified atom stereocenters. The number of carbonyl (C=O) groups excluding carboxylic acids is 1. The molecule has 0 bridgehead atoms. The normalized spacial score (nSPS) is 13.9. The van der Waals surface area contributed by atoms with Gasteiger partial charge in [-0.1, -0.05) is 29.3 Å². The van der Waals surface area contributed by atoms with Crippen molar-refractivity contribution in [3.8, 4) is 18.1 Å². The molecule has 0 radical (unpaired) electrons. The second kappa shape index (κ2) is 9.94. The van der Waals surface area contributed by atoms with E-state index in [1.54, 1.807) is 6.07 Å². The number of hydrogen-bond acceptors (Lipinski definition) is 6. The first-order chi connectivity index (χ1) is 15.3. The Balaban J connectivity index is 1.82. The van der Waals surface area contributed by atoms with E-state index in [0.717, 1.165) is 22.3 Å². The highest BCUT2D eigenvalue weighted by Crippen LogP contribution is 2.29. The van der Waals surface area contributed by atoms with Crippen LogP contribution in [-0.4, -0.2) is 27.9 Å². The van der Waals surface area contributed by atoms with Crippen molar-refractivity contribution in [1.29, 1.82) is 0 Å². The van der Waals surface area contributed by atoms with Gasteiger partial charge in [-0.2, -0.15) is 0 Å². The maximum absolute atomic E-state index is 13.0. The molecule has 1 heterocycles. The van der Waals surface area contributed by atoms with Gasteiger partial charge in [-0.25, -0.2) is 0 Å². The number of aromatic nitrogens is 1. The van der Waals surface area contributed by atoms with Crippen LogP contribution in [0.3, 0.4) is 0 Å². The number of aliphatic hydroxyl groups is 1. The summed E-state index contributed by atoms with van der Waals surface area (Å²) in [4.78, 5) is 13.0. The summed E-state index contributed by atoms with van der Waals surface area (Å²) in [6, 6.07) is 5.41. The smallest absolute Gasteiger partial charge is 0.272 e. The molecule has 6 nitrogen and oxygen atoms in total. The van der Waals surface area contributed by atoms with Gasteiger partial charge in [0, 0.05) is 11.6 Å². The minimum Gasteiger partial charge on any atom is -0.470 e. The van der Waals surface area contributed by atoms with Crippen LogP contribution in [0.5, 0.6) is 5.75 Å². The van der Waals surface area contributed by atoms with Crippen molar-refractivity contribution in [2.45, 2.75) is 38.4 Å². The highest BCUT2D eigenvalue weighted by molar-refractivity contribution is 7.99. The largest absolute Gasteiger partial charge is 0.470 e. The Morgan fingerprint density at radius 2 is 2.09 bits per heavy atom. The second-order valence-electron chi connectivity index (χ2n) is 7.84. The Labute approximate surface area is 192 Å². The van der Waals surface area contributed by atoms with Gasteiger partial charge in [0.25, 0.3) is 5.91 Å². The highest BCUT2D eigenvalue weighted by Gasteiger charge is 2.31. The Kier molecular flexibility index (Phi) is 7.29. The molecule has 1 amide bonds. The van der Waals surface area contributed by atoms with Gasteiger partial charge in [-0.15, -0.1) is 18.2 Å². The maximum Gasteiger partial charge on any atom is 0.272 e. The molecule has 0 saturated heterocycles. The number of rotatable bonds is 7. The third kappa shape index (κ3) is 5.34. The minimum absolute atomic E-state index is 0.258. The Morgan fingerprint density at radius 1 is 1.34 bits per heavy atom. The first-order valence-corrected chi connectivity index (χ1v) is 11.3. The molecule has 2 aromatic rings. The number of thioether (sulfide) groups is 1. The number of aryl methyl sites for hydroxylation is 1. The summed E-state index contributed by atoms with van der Waals surface area (Å²) in [5.74, 6) is 3.27. The van der Waals surface area contributed by atoms with Crippen molar-refractivity contribution in [3.05, 3.63) is 70.1 Å². The van der Waals surface area contributed by atoms with Crippen LogP contribution in [0.1, 0.15) is 42.0 Å². The Bertz CT molecular complexity index is 1140. The predicted molar refractivity (Wildman–Crippen MR) is 128 cm³/mol. The van der Waals surface area contributed by atoms with Gasteiger partial charge in [0.05, 0.1) is 5.54 Å². The molecule has 0 spiro atoms. The summed E-state index contributed by atoms with van der Waals surface area (Å²) in [6.45, 7) is 5.35. The molecular weight excluding hydrogens is 424 g/mol. The fourth-order valence-corrected chi connectivity index (χ4v) is 3.75. The third-order valence-electron chi connectivity index (χ3n) is 4.98. The second-order valence-corrected chi connectivity index (χ2v) is 8.74. The van der Waals surface area contributed by atoms with Crippen LogP contribution >= 0.6 is 11.8 Å². The van der Waals surface area contributed by atoms with Crippen molar-refractivity contribution in [2.75, 3.05) is 6.26 Å². The number of hydrogen-bond donors (Lipinski definition) is 2. The lowest BCUT2D eigenvalue weighted by Crippen LogP contribution is -2.46. The van der Waals surface area contributed by atoms with Crippen LogP contribution in [0, 0.1) is 19.3 Å². The number of aliphatic hydroxyl groups excluding tert-OH is 1. The molecular formula is C25H26N2O4S. The summed E-state index contributed by atoms with van der Waals surface area (Å²) in [5, 5.41) is 16.1. The van der Waals surface area contributed by atoms with E-state index in [1.165, 1.54) is 11.8 Å². The molecule has 7 heteroatoms. The number of amides is 1. The Morgan fingerprint density at radius 3 is 2.75 bits per heavy atom. The van der Waals surface area contributed by atoms with Crippen molar-refractivity contribution < 1.29 is 19.2 Å². The zero-order chi connectivity index (χ0) is 23.3. The number of terminal acetylenes is 1. The van der Waals surface area contributed by atoms with Gasteiger partial charge in [-0.05, 0) is 68.0 Å². The molecule has 2 N–H and O–H groups in total. The lowest BCUT2D eigenvalue weighted by molar-refractivity contribution is -0.126. The van der Waals surface area contributed by atoms with Crippen LogP contribution < -0.4 is 10.1 Å². The molecule has 3 rings (SSSR count). The van der Waals surface area contributed by atoms with E-state index in [0.29, 0.717) is 17.2 Å². The quantitative estimate of drug-likeness (QED) is 0.486. The molecule has 1 atom stereocenters. The Hall–Kier alpha value is -3.21. The standard InChI is InChI=1S/C25H26N2O4S/c1-6-17-9-7-8-10-21-16(2)11-19(13-18(21)12-17)30-24(32-5)23(29)26-25(3,4)22-14-20(15-28)31-27-22/h1,7-14,24,28H,15H2,2-5H3,(H,26,29). The number of carbonyl (C=O) groups is 1. The van der Waals surface area contributed by atoms with Gasteiger partial charge < -0.3 is 19.7 Å². The average Bonchev–Trinajstić information content (AvgIpc) is 3.23. The van der Waals surface area contributed by atoms with Crippen LogP contribution in [0.2, 0.25) is 0 Å². The summed E-state index contributed by atoms with van der Waals surface area (Å²) in [5.41, 5.74) is 2.66. The number of allylic oxidation sites excluding steroid dienone is 4. The third-order valence-corrected chi connectivity index (χ3v) is 5.72. The van der Waals surface area contributed by atoms with E-state index in [1.807, 2.05) is 69.5 Å². The number of fused-ring (bicyclic) bond motifs is 1. The fraction of sp³-hybridized carbons (Fsp3) is 0.280. The number of ether oxygens (including phenoxy) is 1. The van der Waals surface area contributed by atoms with Crippen molar-refractivity contribution >= 4 is 29.8 Å². The lowest BCUT2D eigenvalue weighted by atomic mass is 9.97. The van der Waals surface area contributed by atoms with Crippen LogP contribution in [-0.2, 0) is 16.9 Å². The van der Waals surface area contributed by atoms with E-state index in [2.05, 4.69) is 16.4 Å². The first-order valence-electron chi connectivity index (χ1n) is 10.0. The average molecular weight is 451 g/mol. The van der Waals surface area contributed by atoms with Gasteiger partial charge in [0.2, 0.25) is 5.44 Å². The molecule has 0 aliphatic heterocycles. The zero-order valence-corrected chi connectivity index (χ0v) is 19.3. The molecule has 1 aliphatic rings. The summed E-state index contributed by atoms with van der Waals surface area (Å²) >= 11 is 1.28. The highest BCUT2D eigenvalue weighted by atomic mass is 32.2. The maximum atomic E-state index is 13.0. The van der Waals surface area contributed by atoms with Crippen LogP contribution in [0.25, 0.3) is 12.2 Å². The monoisotopic (exact) mass is 450 g/mol. The van der Waals surface area contributed by atoms with Crippen molar-refractivity contribution in [1.82, 2.24) is 10.5 Å². The van der Waals surface area contributed by atoms with Gasteiger partial charge in [0.15, 0.2) is 5.76 Å². The molecule has 1 aromatic carbocycles. The molecule has 166 valence electrons. The van der Waals surface area contributed by atoms with Crippen molar-refractivity contribution in [3.63, 3.8) is 0 Å². The minimum atomic E-state index is -0.811. The zero-order valence-electron chi connectivity index (χ0n) is 18.5. The van der Waals surface area contributed by atoms with E-state index in [-0.39, 0.29) is 12.5 Å². The van der Waals surface area contributed by atoms with Crippen LogP contribution in [0.4, 0.5) is 0 Å². The summed E-state index contributed by atoms with van der Waals surface area (Å²) in [7, 11) is 0. The van der Waals surface area contributed by atoms with Gasteiger partial charge in [-0.3, -0.25) is 4.79 Å². The van der Waals surface area contributed by atoms with Crippen LogP contribution in [0.15, 0.2) is 46.5 Å². The molecule has 0 fully saturated rings. The van der Waals surface area contributed by atoms with E-state index < -0.39 is 11.0 Å². The first kappa shape index (κ1) is 23.5. The molecule has 1 aromatic heterocycles. The fourth-order valence-electron chi connectivity index (χ4n) is 3.27. The number of benzene rings is 1. The summed E-state index contributed by atoms with van der Waals surface area (Å²) in [6.07, 6.45) is 17.1. The number of nitrogens with zero attached hydrogens (tertiary/aromatic N) is 1. The van der Waals surface area contributed by atoms with Crippen molar-refractivity contribution in [2.24, 2.45) is 0 Å². The van der Waals surface area contributed by atoms with Gasteiger partial charge >= 0.3 is 0 Å². The molecule has 0 saturated carbocycles. The topological polar surface area (TPSA) is 84.6 Å². The lowest BCUT2D eigenvalue weighted by Gasteiger charge is -2.26. The van der Waals surface area contributed by atoms with Gasteiger partial charge in [0.1, 0.15) is 18.1 Å². The van der Waals surface area contributed by atoms with E-state index in [9.17, 15) is 9.90 Å². The van der Waals surface area contributed by atoms with E-state index in [4.69, 9.17) is 15.7 Å². The number of nitrogens with one attached hydrogen (secondary N) is 1. The summed E-state index contributed by atoms with van der Waals surface area (Å²) < 4.78 is 11.1. The SMILES string of the molecule is C#CC1=Cc2cc(OC(SC)C(=O)NC(C)(C)c3cc(CO)on3)cc(C)c2C=CC=C1. The molecule has 32 heavy (non-hydrogen) atoms. The predicted octanol–water partition coefficient (Wildman–Crippen LogP) is 4.19. The molecule has 1 aliphatic carbocycles.